The summed E-state index contributed by atoms with van der Waals surface area (Å²) in [5, 5.41) is 2.92. The number of hydrogen-bond acceptors (Lipinski definition) is 4. The van der Waals surface area contributed by atoms with E-state index < -0.39 is 9.84 Å². The monoisotopic (exact) mass is 360 g/mol. The molecular weight excluding hydrogens is 340 g/mol. The first kappa shape index (κ1) is 17.5. The van der Waals surface area contributed by atoms with E-state index in [1.165, 1.54) is 4.68 Å². The van der Waals surface area contributed by atoms with Crippen molar-refractivity contribution in [3.8, 4) is 11.1 Å². The maximum Gasteiger partial charge on any atom is 0.274 e. The Morgan fingerprint density at radius 2 is 2.00 bits per heavy atom. The summed E-state index contributed by atoms with van der Waals surface area (Å²) >= 11 is 0. The van der Waals surface area contributed by atoms with Gasteiger partial charge in [0.05, 0.1) is 10.5 Å². The number of allylic oxidation sites excluding steroid dienone is 1. The predicted molar refractivity (Wildman–Crippen MR) is 95.1 cm³/mol. The Balaban J connectivity index is 2.38. The topological polar surface area (TPSA) is 89.0 Å². The number of H-pyrrole nitrogens is 1. The molecule has 3 rings (SSSR count). The number of aromatic amines is 1. The van der Waals surface area contributed by atoms with Gasteiger partial charge in [-0.1, -0.05) is 6.92 Å². The molecule has 0 amide bonds. The van der Waals surface area contributed by atoms with Crippen molar-refractivity contribution >= 4 is 15.8 Å². The molecule has 1 aliphatic rings. The summed E-state index contributed by atoms with van der Waals surface area (Å²) < 4.78 is 27.0. The highest BCUT2D eigenvalue weighted by atomic mass is 32.2. The third-order valence-corrected chi connectivity index (χ3v) is 6.89. The summed E-state index contributed by atoms with van der Waals surface area (Å²) in [5.74, 6) is 1.46. The van der Waals surface area contributed by atoms with E-state index in [1.54, 1.807) is 25.1 Å². The molecule has 2 aromatic rings. The molecule has 25 heavy (non-hydrogen) atoms. The van der Waals surface area contributed by atoms with E-state index in [9.17, 15) is 18.0 Å². The molecule has 2 heterocycles. The molecule has 0 spiro atoms. The van der Waals surface area contributed by atoms with Gasteiger partial charge in [-0.05, 0) is 55.0 Å². The molecule has 1 aromatic carbocycles. The molecule has 132 valence electrons. The summed E-state index contributed by atoms with van der Waals surface area (Å²) in [7, 11) is -3.83. The molecule has 0 bridgehead atoms. The van der Waals surface area contributed by atoms with Crippen LogP contribution in [-0.2, 0) is 21.2 Å². The van der Waals surface area contributed by atoms with Crippen LogP contribution in [0.1, 0.15) is 42.9 Å². The quantitative estimate of drug-likeness (QED) is 0.833. The number of aromatic nitrogens is 2. The van der Waals surface area contributed by atoms with Crippen LogP contribution in [0, 0.1) is 13.8 Å². The lowest BCUT2D eigenvalue weighted by Crippen LogP contribution is -2.21. The van der Waals surface area contributed by atoms with Crippen molar-refractivity contribution in [3.63, 3.8) is 0 Å². The van der Waals surface area contributed by atoms with Crippen molar-refractivity contribution in [1.29, 1.82) is 0 Å². The highest BCUT2D eigenvalue weighted by Gasteiger charge is 2.37. The second-order valence-electron chi connectivity index (χ2n) is 6.48. The van der Waals surface area contributed by atoms with E-state index >= 15 is 0 Å². The van der Waals surface area contributed by atoms with Crippen LogP contribution in [0.15, 0.2) is 26.9 Å². The van der Waals surface area contributed by atoms with E-state index in [0.29, 0.717) is 23.2 Å². The maximum atomic E-state index is 12.7. The van der Waals surface area contributed by atoms with Crippen LogP contribution in [0.25, 0.3) is 11.1 Å². The third-order valence-electron chi connectivity index (χ3n) is 4.91. The minimum atomic E-state index is -3.83. The van der Waals surface area contributed by atoms with Crippen LogP contribution in [0.3, 0.4) is 0 Å². The normalized spacial score (nSPS) is 18.7. The summed E-state index contributed by atoms with van der Waals surface area (Å²) in [6, 6.07) is 1.72. The molecule has 0 saturated heterocycles. The molecule has 7 heteroatoms. The molecule has 1 N–H and O–H groups in total. The van der Waals surface area contributed by atoms with E-state index in [1.807, 2.05) is 20.8 Å². The second kappa shape index (κ2) is 5.86. The van der Waals surface area contributed by atoms with Crippen molar-refractivity contribution in [2.75, 3.05) is 0 Å². The Labute approximate surface area is 146 Å². The molecule has 0 saturated carbocycles. The Hall–Kier alpha value is -2.37. The van der Waals surface area contributed by atoms with Gasteiger partial charge >= 0.3 is 0 Å². The third kappa shape index (κ3) is 2.42. The average Bonchev–Trinajstić information content (AvgIpc) is 2.93. The van der Waals surface area contributed by atoms with Crippen molar-refractivity contribution in [3.05, 3.63) is 44.2 Å². The highest BCUT2D eigenvalue weighted by Crippen LogP contribution is 2.44. The Kier molecular flexibility index (Phi) is 4.09. The fraction of sp³-hybridized carbons (Fsp3) is 0.389. The Morgan fingerprint density at radius 1 is 1.32 bits per heavy atom. The Bertz CT molecular complexity index is 1080. The summed E-state index contributed by atoms with van der Waals surface area (Å²) in [4.78, 5) is 23.6. The number of sulfone groups is 1. The fourth-order valence-electron chi connectivity index (χ4n) is 3.69. The number of nitrogens with zero attached hydrogens (tertiary/aromatic N) is 1. The van der Waals surface area contributed by atoms with Gasteiger partial charge in [-0.15, -0.1) is 0 Å². The second-order valence-corrected chi connectivity index (χ2v) is 8.39. The minimum absolute atomic E-state index is 0.134. The molecule has 1 aliphatic heterocycles. The molecule has 1 unspecified atom stereocenters. The van der Waals surface area contributed by atoms with Crippen molar-refractivity contribution < 1.29 is 13.2 Å². The summed E-state index contributed by atoms with van der Waals surface area (Å²) in [5.41, 5.74) is 3.11. The number of aryl methyl sites for hydroxylation is 2. The number of fused-ring (bicyclic) bond motifs is 1. The smallest absolute Gasteiger partial charge is 0.274 e. The lowest BCUT2D eigenvalue weighted by Gasteiger charge is -2.27. The van der Waals surface area contributed by atoms with E-state index in [0.717, 1.165) is 11.1 Å². The first-order valence-corrected chi connectivity index (χ1v) is 9.64. The molecule has 0 aliphatic carbocycles. The summed E-state index contributed by atoms with van der Waals surface area (Å²) in [6.45, 7) is 7.82. The number of nitrogens with one attached hydrogen (secondary N) is 1. The number of benzene rings is 1. The zero-order valence-electron chi connectivity index (χ0n) is 14.6. The maximum absolute atomic E-state index is 12.7. The van der Waals surface area contributed by atoms with Crippen molar-refractivity contribution in [2.45, 2.75) is 51.5 Å². The van der Waals surface area contributed by atoms with E-state index in [-0.39, 0.29) is 27.7 Å². The van der Waals surface area contributed by atoms with Gasteiger partial charge < -0.3 is 5.10 Å². The van der Waals surface area contributed by atoms with E-state index in [2.05, 4.69) is 5.10 Å². The lowest BCUT2D eigenvalue weighted by atomic mass is 9.87. The lowest BCUT2D eigenvalue weighted by molar-refractivity contribution is 0.561. The predicted octanol–water partition coefficient (Wildman–Crippen LogP) is 2.48. The zero-order valence-corrected chi connectivity index (χ0v) is 15.5. The summed E-state index contributed by atoms with van der Waals surface area (Å²) in [6.07, 6.45) is 1.79. The largest absolute Gasteiger partial charge is 0.302 e. The zero-order chi connectivity index (χ0) is 18.5. The minimum Gasteiger partial charge on any atom is -0.302 e. The van der Waals surface area contributed by atoms with Gasteiger partial charge in [0.2, 0.25) is 9.84 Å². The Morgan fingerprint density at radius 3 is 2.56 bits per heavy atom. The van der Waals surface area contributed by atoms with Gasteiger partial charge in [0.25, 0.3) is 5.56 Å². The SMILES string of the molecule is CCn1[nH]cc(-c2cc(C)c3c(c2C)C(C)CC(=C=O)S3(=O)=O)c1=O. The fourth-order valence-corrected chi connectivity index (χ4v) is 5.65. The van der Waals surface area contributed by atoms with Crippen molar-refractivity contribution in [2.24, 2.45) is 0 Å². The standard InChI is InChI=1S/C18H20N2O4S/c1-5-20-18(22)15(8-19-20)14-7-11(3)17-16(12(14)4)10(2)6-13(9-21)25(17,23)24/h7-8,10,19H,5-6H2,1-4H3. The number of carbonyl (C=O) groups excluding carboxylic acids is 1. The molecule has 0 fully saturated rings. The number of rotatable bonds is 2. The van der Waals surface area contributed by atoms with Gasteiger partial charge in [0.15, 0.2) is 0 Å². The van der Waals surface area contributed by atoms with Gasteiger partial charge in [-0.3, -0.25) is 9.48 Å². The van der Waals surface area contributed by atoms with Gasteiger partial charge in [-0.25, -0.2) is 13.2 Å². The van der Waals surface area contributed by atoms with Crippen LogP contribution in [-0.4, -0.2) is 24.1 Å². The molecule has 1 atom stereocenters. The average molecular weight is 360 g/mol. The molecule has 0 radical (unpaired) electrons. The molecular formula is C18H20N2O4S. The number of hydrogen-bond donors (Lipinski definition) is 1. The van der Waals surface area contributed by atoms with Gasteiger partial charge in [-0.2, -0.15) is 0 Å². The van der Waals surface area contributed by atoms with Gasteiger partial charge in [0.1, 0.15) is 10.8 Å². The first-order chi connectivity index (χ1) is 11.7. The first-order valence-electron chi connectivity index (χ1n) is 8.15. The van der Waals surface area contributed by atoms with E-state index in [4.69, 9.17) is 0 Å². The van der Waals surface area contributed by atoms with Crippen LogP contribution >= 0.6 is 0 Å². The van der Waals surface area contributed by atoms with Crippen LogP contribution in [0.2, 0.25) is 0 Å². The highest BCUT2D eigenvalue weighted by molar-refractivity contribution is 7.95. The van der Waals surface area contributed by atoms with Crippen LogP contribution in [0.4, 0.5) is 0 Å². The van der Waals surface area contributed by atoms with Crippen LogP contribution < -0.4 is 5.56 Å². The van der Waals surface area contributed by atoms with Crippen molar-refractivity contribution in [1.82, 2.24) is 9.78 Å². The molecule has 1 aromatic heterocycles. The van der Waals surface area contributed by atoms with Crippen LogP contribution in [0.5, 0.6) is 0 Å². The van der Waals surface area contributed by atoms with Gasteiger partial charge in [0, 0.05) is 19.2 Å². The molecule has 6 nitrogen and oxygen atoms in total.